The Kier molecular flexibility index (Phi) is 5.96. The maximum Gasteiger partial charge on any atom is 0.410 e. The van der Waals surface area contributed by atoms with Gasteiger partial charge in [0.2, 0.25) is 0 Å². The Balaban J connectivity index is 1.82. The predicted octanol–water partition coefficient (Wildman–Crippen LogP) is 1.67. The van der Waals surface area contributed by atoms with Gasteiger partial charge in [0.1, 0.15) is 5.60 Å². The number of morpholine rings is 1. The lowest BCUT2D eigenvalue weighted by Gasteiger charge is -2.39. The second-order valence-electron chi connectivity index (χ2n) is 8.05. The largest absolute Gasteiger partial charge is 0.444 e. The van der Waals surface area contributed by atoms with Crippen LogP contribution in [0.5, 0.6) is 0 Å². The average Bonchev–Trinajstić information content (AvgIpc) is 2.52. The third-order valence-electron chi connectivity index (χ3n) is 4.58. The fourth-order valence-corrected chi connectivity index (χ4v) is 2.88. The Morgan fingerprint density at radius 3 is 2.29 bits per heavy atom. The number of aliphatic imine (C=N–C) groups is 1. The highest BCUT2D eigenvalue weighted by atomic mass is 16.6. The fraction of sp³-hybridized carbons (Fsp3) is 0.882. The van der Waals surface area contributed by atoms with Gasteiger partial charge in [0.25, 0.3) is 0 Å². The van der Waals surface area contributed by atoms with E-state index in [0.29, 0.717) is 38.8 Å². The lowest BCUT2D eigenvalue weighted by atomic mass is 9.80. The van der Waals surface area contributed by atoms with E-state index in [1.165, 1.54) is 0 Å². The molecule has 24 heavy (non-hydrogen) atoms. The number of carbonyl (C=O) groups excluding carboxylic acids is 1. The Morgan fingerprint density at radius 1 is 1.17 bits per heavy atom. The molecule has 0 unspecified atom stereocenters. The monoisotopic (exact) mass is 340 g/mol. The van der Waals surface area contributed by atoms with Crippen molar-refractivity contribution in [2.75, 3.05) is 45.9 Å². The van der Waals surface area contributed by atoms with Gasteiger partial charge in [-0.1, -0.05) is 6.92 Å². The molecule has 0 aromatic rings. The van der Waals surface area contributed by atoms with Gasteiger partial charge in [-0.2, -0.15) is 0 Å². The molecule has 2 heterocycles. The van der Waals surface area contributed by atoms with Gasteiger partial charge >= 0.3 is 6.09 Å². The Morgan fingerprint density at radius 2 is 1.75 bits per heavy atom. The fourth-order valence-electron chi connectivity index (χ4n) is 2.88. The van der Waals surface area contributed by atoms with Gasteiger partial charge in [-0.15, -0.1) is 0 Å². The maximum absolute atomic E-state index is 12.1. The summed E-state index contributed by atoms with van der Waals surface area (Å²) in [5.41, 5.74) is 5.73. The molecular formula is C17H32N4O3. The van der Waals surface area contributed by atoms with Crippen molar-refractivity contribution < 1.29 is 14.3 Å². The first-order chi connectivity index (χ1) is 11.2. The quantitative estimate of drug-likeness (QED) is 0.611. The number of rotatable bonds is 2. The number of hydrogen-bond donors (Lipinski definition) is 1. The van der Waals surface area contributed by atoms with Crippen LogP contribution in [-0.2, 0) is 9.47 Å². The zero-order valence-corrected chi connectivity index (χ0v) is 15.5. The highest BCUT2D eigenvalue weighted by Crippen LogP contribution is 2.31. The van der Waals surface area contributed by atoms with Gasteiger partial charge in [0, 0.05) is 32.7 Å². The molecule has 2 aliphatic heterocycles. The molecule has 0 aromatic carbocycles. The highest BCUT2D eigenvalue weighted by molar-refractivity contribution is 5.78. The van der Waals surface area contributed by atoms with Gasteiger partial charge in [-0.25, -0.2) is 4.79 Å². The van der Waals surface area contributed by atoms with E-state index < -0.39 is 5.60 Å². The van der Waals surface area contributed by atoms with Gasteiger partial charge in [-0.3, -0.25) is 4.99 Å². The first-order valence-corrected chi connectivity index (χ1v) is 8.79. The van der Waals surface area contributed by atoms with Gasteiger partial charge in [0.15, 0.2) is 5.96 Å². The van der Waals surface area contributed by atoms with Gasteiger partial charge in [0.05, 0.1) is 13.2 Å². The molecule has 2 N–H and O–H groups in total. The standard InChI is InChI=1S/C17H32N4O3/c1-16(2,3)24-15(22)21-7-5-17(4,6-8-21)13-19-14(18)20-9-11-23-12-10-20/h5-13H2,1-4H3,(H2,18,19). The van der Waals surface area contributed by atoms with Crippen molar-refractivity contribution in [2.45, 2.75) is 46.1 Å². The molecule has 1 amide bonds. The summed E-state index contributed by atoms with van der Waals surface area (Å²) in [7, 11) is 0. The van der Waals surface area contributed by atoms with Crippen LogP contribution in [0.1, 0.15) is 40.5 Å². The molecule has 0 spiro atoms. The summed E-state index contributed by atoms with van der Waals surface area (Å²) in [5, 5.41) is 0. The maximum atomic E-state index is 12.1. The summed E-state index contributed by atoms with van der Waals surface area (Å²) in [6.45, 7) is 13.0. The number of ether oxygens (including phenoxy) is 2. The molecule has 7 nitrogen and oxygen atoms in total. The number of nitrogens with two attached hydrogens (primary N) is 1. The summed E-state index contributed by atoms with van der Waals surface area (Å²) in [6.07, 6.45) is 1.60. The van der Waals surface area contributed by atoms with E-state index in [1.807, 2.05) is 20.8 Å². The molecule has 2 fully saturated rings. The van der Waals surface area contributed by atoms with Crippen molar-refractivity contribution in [2.24, 2.45) is 16.1 Å². The summed E-state index contributed by atoms with van der Waals surface area (Å²) < 4.78 is 10.8. The SMILES string of the molecule is CC1(CN=C(N)N2CCOCC2)CCN(C(=O)OC(C)(C)C)CC1. The Labute approximate surface area is 145 Å². The molecule has 0 aliphatic carbocycles. The topological polar surface area (TPSA) is 80.4 Å². The van der Waals surface area contributed by atoms with Crippen LogP contribution in [0.4, 0.5) is 4.79 Å². The zero-order chi connectivity index (χ0) is 17.8. The molecule has 2 rings (SSSR count). The second kappa shape index (κ2) is 7.59. The van der Waals surface area contributed by atoms with E-state index in [2.05, 4.69) is 16.8 Å². The minimum absolute atomic E-state index is 0.0788. The smallest absolute Gasteiger partial charge is 0.410 e. The number of piperidine rings is 1. The molecule has 0 atom stereocenters. The van der Waals surface area contributed by atoms with Crippen LogP contribution in [-0.4, -0.2) is 73.4 Å². The van der Waals surface area contributed by atoms with Gasteiger partial charge in [-0.05, 0) is 39.0 Å². The normalized spacial score (nSPS) is 22.4. The lowest BCUT2D eigenvalue weighted by molar-refractivity contribution is 0.0127. The molecule has 0 radical (unpaired) electrons. The van der Waals surface area contributed by atoms with Crippen LogP contribution in [0.15, 0.2) is 4.99 Å². The third kappa shape index (κ3) is 5.54. The average molecular weight is 340 g/mol. The van der Waals surface area contributed by atoms with Crippen LogP contribution in [0.25, 0.3) is 0 Å². The van der Waals surface area contributed by atoms with E-state index in [-0.39, 0.29) is 11.5 Å². The van der Waals surface area contributed by atoms with E-state index in [0.717, 1.165) is 25.9 Å². The Hall–Kier alpha value is -1.50. The van der Waals surface area contributed by atoms with Crippen LogP contribution in [0, 0.1) is 5.41 Å². The van der Waals surface area contributed by atoms with Crippen LogP contribution >= 0.6 is 0 Å². The minimum Gasteiger partial charge on any atom is -0.444 e. The number of amides is 1. The van der Waals surface area contributed by atoms with Gasteiger partial charge < -0.3 is 25.0 Å². The lowest BCUT2D eigenvalue weighted by Crippen LogP contribution is -2.47. The summed E-state index contributed by atoms with van der Waals surface area (Å²) in [6, 6.07) is 0. The number of carbonyl (C=O) groups is 1. The van der Waals surface area contributed by atoms with E-state index in [1.54, 1.807) is 4.90 Å². The molecule has 2 saturated heterocycles. The molecular weight excluding hydrogens is 308 g/mol. The van der Waals surface area contributed by atoms with Crippen molar-refractivity contribution in [1.29, 1.82) is 0 Å². The number of hydrogen-bond acceptors (Lipinski definition) is 4. The van der Waals surface area contributed by atoms with Crippen molar-refractivity contribution in [3.63, 3.8) is 0 Å². The van der Waals surface area contributed by atoms with Crippen molar-refractivity contribution in [3.05, 3.63) is 0 Å². The number of guanidine groups is 1. The van der Waals surface area contributed by atoms with E-state index >= 15 is 0 Å². The third-order valence-corrected chi connectivity index (χ3v) is 4.58. The molecule has 0 aromatic heterocycles. The highest BCUT2D eigenvalue weighted by Gasteiger charge is 2.33. The molecule has 7 heteroatoms. The minimum atomic E-state index is -0.450. The number of nitrogens with zero attached hydrogens (tertiary/aromatic N) is 3. The molecule has 0 saturated carbocycles. The molecule has 138 valence electrons. The zero-order valence-electron chi connectivity index (χ0n) is 15.5. The number of likely N-dealkylation sites (tertiary alicyclic amines) is 1. The van der Waals surface area contributed by atoms with Crippen LogP contribution in [0.2, 0.25) is 0 Å². The molecule has 0 bridgehead atoms. The Bertz CT molecular complexity index is 459. The molecule has 2 aliphatic rings. The summed E-state index contributed by atoms with van der Waals surface area (Å²) in [4.78, 5) is 20.6. The summed E-state index contributed by atoms with van der Waals surface area (Å²) >= 11 is 0. The first-order valence-electron chi connectivity index (χ1n) is 8.79. The first kappa shape index (κ1) is 18.8. The van der Waals surface area contributed by atoms with Crippen molar-refractivity contribution in [3.8, 4) is 0 Å². The van der Waals surface area contributed by atoms with Crippen LogP contribution in [0.3, 0.4) is 0 Å². The van der Waals surface area contributed by atoms with Crippen molar-refractivity contribution in [1.82, 2.24) is 9.80 Å². The van der Waals surface area contributed by atoms with E-state index in [4.69, 9.17) is 15.2 Å². The predicted molar refractivity (Wildman–Crippen MR) is 94.0 cm³/mol. The van der Waals surface area contributed by atoms with Crippen molar-refractivity contribution >= 4 is 12.1 Å². The second-order valence-corrected chi connectivity index (χ2v) is 8.05. The van der Waals surface area contributed by atoms with Crippen LogP contribution < -0.4 is 5.73 Å². The summed E-state index contributed by atoms with van der Waals surface area (Å²) in [5.74, 6) is 0.606. The van der Waals surface area contributed by atoms with E-state index in [9.17, 15) is 4.79 Å².